The van der Waals surface area contributed by atoms with Gasteiger partial charge in [-0.1, -0.05) is 18.1 Å². The van der Waals surface area contributed by atoms with E-state index in [1.807, 2.05) is 18.2 Å². The quantitative estimate of drug-likeness (QED) is 0.709. The summed E-state index contributed by atoms with van der Waals surface area (Å²) in [5, 5.41) is 6.22. The van der Waals surface area contributed by atoms with E-state index in [9.17, 15) is 4.79 Å². The van der Waals surface area contributed by atoms with Crippen molar-refractivity contribution in [2.75, 3.05) is 13.1 Å². The number of amides is 1. The van der Waals surface area contributed by atoms with Crippen LogP contribution in [-0.2, 0) is 4.79 Å². The van der Waals surface area contributed by atoms with Gasteiger partial charge in [0.25, 0.3) is 5.91 Å². The summed E-state index contributed by atoms with van der Waals surface area (Å²) in [6.07, 6.45) is 17.1. The number of hydrogen-bond acceptors (Lipinski definition) is 2. The highest BCUT2D eigenvalue weighted by Gasteiger charge is 2.17. The predicted octanol–water partition coefficient (Wildman–Crippen LogP) is 1.08. The number of carbonyl (C=O) groups is 1. The van der Waals surface area contributed by atoms with E-state index in [1.165, 1.54) is 0 Å². The summed E-state index contributed by atoms with van der Waals surface area (Å²) in [4.78, 5) is 12.1. The van der Waals surface area contributed by atoms with E-state index in [2.05, 4.69) is 16.6 Å². The maximum absolute atomic E-state index is 12.1. The SMILES string of the molecule is C#CC1=CC=C(C(=O)N[C@H]2CCNC2)C=CC=C1. The zero-order valence-corrected chi connectivity index (χ0v) is 10.1. The molecular weight excluding hydrogens is 224 g/mol. The Labute approximate surface area is 107 Å². The summed E-state index contributed by atoms with van der Waals surface area (Å²) in [6.45, 7) is 1.80. The molecule has 1 atom stereocenters. The fourth-order valence-corrected chi connectivity index (χ4v) is 1.90. The van der Waals surface area contributed by atoms with Crippen LogP contribution in [0.4, 0.5) is 0 Å². The molecule has 1 aliphatic carbocycles. The molecule has 0 spiro atoms. The summed E-state index contributed by atoms with van der Waals surface area (Å²) in [7, 11) is 0. The van der Waals surface area contributed by atoms with Crippen molar-refractivity contribution in [2.24, 2.45) is 0 Å². The van der Waals surface area contributed by atoms with Crippen molar-refractivity contribution in [1.29, 1.82) is 0 Å². The molecule has 1 fully saturated rings. The van der Waals surface area contributed by atoms with E-state index in [0.717, 1.165) is 25.1 Å². The van der Waals surface area contributed by atoms with Gasteiger partial charge < -0.3 is 10.6 Å². The molecule has 1 saturated heterocycles. The first-order valence-corrected chi connectivity index (χ1v) is 6.04. The molecule has 0 unspecified atom stereocenters. The molecule has 3 heteroatoms. The molecule has 18 heavy (non-hydrogen) atoms. The Morgan fingerprint density at radius 1 is 1.39 bits per heavy atom. The highest BCUT2D eigenvalue weighted by molar-refractivity contribution is 5.96. The number of rotatable bonds is 2. The molecule has 0 aromatic rings. The van der Waals surface area contributed by atoms with E-state index in [4.69, 9.17) is 6.42 Å². The summed E-state index contributed by atoms with van der Waals surface area (Å²) < 4.78 is 0. The molecule has 2 aliphatic rings. The minimum absolute atomic E-state index is 0.0529. The van der Waals surface area contributed by atoms with Crippen LogP contribution < -0.4 is 10.6 Å². The van der Waals surface area contributed by atoms with Crippen molar-refractivity contribution in [2.45, 2.75) is 12.5 Å². The maximum atomic E-state index is 12.1. The largest absolute Gasteiger partial charge is 0.348 e. The molecule has 2 N–H and O–H groups in total. The fourth-order valence-electron chi connectivity index (χ4n) is 1.90. The van der Waals surface area contributed by atoms with Crippen molar-refractivity contribution < 1.29 is 4.79 Å². The lowest BCUT2D eigenvalue weighted by Crippen LogP contribution is -2.36. The van der Waals surface area contributed by atoms with Gasteiger partial charge in [-0.05, 0) is 37.3 Å². The van der Waals surface area contributed by atoms with Gasteiger partial charge in [0.2, 0.25) is 0 Å². The summed E-state index contributed by atoms with van der Waals surface area (Å²) >= 11 is 0. The molecule has 0 saturated carbocycles. The van der Waals surface area contributed by atoms with Crippen LogP contribution in [-0.4, -0.2) is 25.0 Å². The molecular formula is C15H16N2O. The van der Waals surface area contributed by atoms with Crippen LogP contribution in [0.25, 0.3) is 0 Å². The number of hydrogen-bond donors (Lipinski definition) is 2. The van der Waals surface area contributed by atoms with Crippen LogP contribution in [0.15, 0.2) is 47.6 Å². The highest BCUT2D eigenvalue weighted by atomic mass is 16.1. The van der Waals surface area contributed by atoms with E-state index < -0.39 is 0 Å². The Morgan fingerprint density at radius 2 is 2.22 bits per heavy atom. The third-order valence-electron chi connectivity index (χ3n) is 2.93. The molecule has 0 bridgehead atoms. The Hall–Kier alpha value is -2.05. The van der Waals surface area contributed by atoms with Crippen LogP contribution in [0.3, 0.4) is 0 Å². The van der Waals surface area contributed by atoms with Crippen LogP contribution in [0.1, 0.15) is 6.42 Å². The minimum atomic E-state index is -0.0529. The van der Waals surface area contributed by atoms with Crippen molar-refractivity contribution in [1.82, 2.24) is 10.6 Å². The van der Waals surface area contributed by atoms with E-state index in [0.29, 0.717) is 5.57 Å². The summed E-state index contributed by atoms with van der Waals surface area (Å²) in [5.41, 5.74) is 1.38. The third kappa shape index (κ3) is 3.22. The molecule has 0 radical (unpaired) electrons. The van der Waals surface area contributed by atoms with E-state index in [1.54, 1.807) is 18.2 Å². The van der Waals surface area contributed by atoms with Crippen LogP contribution in [0, 0.1) is 12.3 Å². The Morgan fingerprint density at radius 3 is 2.94 bits per heavy atom. The first-order valence-electron chi connectivity index (χ1n) is 6.04. The van der Waals surface area contributed by atoms with Gasteiger partial charge in [-0.15, -0.1) is 6.42 Å². The molecule has 0 aromatic carbocycles. The zero-order chi connectivity index (χ0) is 12.8. The van der Waals surface area contributed by atoms with Crippen LogP contribution >= 0.6 is 0 Å². The van der Waals surface area contributed by atoms with Gasteiger partial charge in [-0.2, -0.15) is 0 Å². The van der Waals surface area contributed by atoms with Gasteiger partial charge in [0.05, 0.1) is 0 Å². The van der Waals surface area contributed by atoms with Gasteiger partial charge in [0.15, 0.2) is 0 Å². The number of carbonyl (C=O) groups excluding carboxylic acids is 1. The first kappa shape index (κ1) is 12.4. The molecule has 3 nitrogen and oxygen atoms in total. The number of nitrogens with one attached hydrogen (secondary N) is 2. The molecule has 1 aliphatic heterocycles. The second kappa shape index (κ2) is 6.04. The third-order valence-corrected chi connectivity index (χ3v) is 2.93. The fraction of sp³-hybridized carbons (Fsp3) is 0.267. The van der Waals surface area contributed by atoms with Crippen LogP contribution in [0.2, 0.25) is 0 Å². The lowest BCUT2D eigenvalue weighted by Gasteiger charge is -2.11. The topological polar surface area (TPSA) is 41.1 Å². The van der Waals surface area contributed by atoms with E-state index in [-0.39, 0.29) is 11.9 Å². The first-order chi connectivity index (χ1) is 8.79. The standard InChI is InChI=1S/C15H16N2O/c1-2-12-5-3-4-6-13(8-7-12)15(18)17-14-9-10-16-11-14/h1,3-8,14,16H,9-11H2,(H,17,18)/t14-/m0/s1. The van der Waals surface area contributed by atoms with Crippen LogP contribution in [0.5, 0.6) is 0 Å². The predicted molar refractivity (Wildman–Crippen MR) is 72.7 cm³/mol. The Kier molecular flexibility index (Phi) is 4.16. The normalized spacial score (nSPS) is 22.5. The van der Waals surface area contributed by atoms with Gasteiger partial charge in [-0.25, -0.2) is 0 Å². The summed E-state index contributed by atoms with van der Waals surface area (Å²) in [5.74, 6) is 2.51. The second-order valence-electron chi connectivity index (χ2n) is 4.27. The average Bonchev–Trinajstić information content (AvgIpc) is 2.82. The zero-order valence-electron chi connectivity index (χ0n) is 10.1. The lowest BCUT2D eigenvalue weighted by atomic mass is 10.1. The molecule has 1 heterocycles. The Balaban J connectivity index is 2.06. The van der Waals surface area contributed by atoms with Crippen molar-refractivity contribution in [3.05, 3.63) is 47.6 Å². The van der Waals surface area contributed by atoms with Gasteiger partial charge in [0, 0.05) is 23.7 Å². The smallest absolute Gasteiger partial charge is 0.251 e. The number of terminal acetylenes is 1. The lowest BCUT2D eigenvalue weighted by molar-refractivity contribution is -0.117. The van der Waals surface area contributed by atoms with E-state index >= 15 is 0 Å². The molecule has 2 rings (SSSR count). The molecule has 1 amide bonds. The van der Waals surface area contributed by atoms with Crippen molar-refractivity contribution >= 4 is 5.91 Å². The Bertz CT molecular complexity index is 483. The minimum Gasteiger partial charge on any atom is -0.348 e. The maximum Gasteiger partial charge on any atom is 0.251 e. The van der Waals surface area contributed by atoms with Crippen molar-refractivity contribution in [3.63, 3.8) is 0 Å². The molecule has 0 aromatic heterocycles. The second-order valence-corrected chi connectivity index (χ2v) is 4.27. The van der Waals surface area contributed by atoms with Gasteiger partial charge in [-0.3, -0.25) is 4.79 Å². The number of allylic oxidation sites excluding steroid dienone is 6. The van der Waals surface area contributed by atoms with Gasteiger partial charge in [0.1, 0.15) is 0 Å². The summed E-state index contributed by atoms with van der Waals surface area (Å²) in [6, 6.07) is 0.226. The molecule has 92 valence electrons. The van der Waals surface area contributed by atoms with Crippen molar-refractivity contribution in [3.8, 4) is 12.3 Å². The monoisotopic (exact) mass is 240 g/mol. The average molecular weight is 240 g/mol. The van der Waals surface area contributed by atoms with Gasteiger partial charge >= 0.3 is 0 Å². The highest BCUT2D eigenvalue weighted by Crippen LogP contribution is 2.07.